The van der Waals surface area contributed by atoms with Crippen molar-refractivity contribution >= 4 is 27.5 Å². The van der Waals surface area contributed by atoms with Crippen LogP contribution in [0.5, 0.6) is 5.75 Å². The number of carbonyl (C=O) groups excluding carboxylic acids is 1. The predicted octanol–water partition coefficient (Wildman–Crippen LogP) is 5.35. The van der Waals surface area contributed by atoms with Gasteiger partial charge in [0.25, 0.3) is 5.91 Å². The molecule has 0 atom stereocenters. The molecule has 0 saturated carbocycles. The molecule has 1 amide bonds. The van der Waals surface area contributed by atoms with Crippen LogP contribution >= 0.6 is 15.9 Å². The van der Waals surface area contributed by atoms with Gasteiger partial charge < -0.3 is 9.64 Å². The number of nitrogens with zero attached hydrogens (tertiary/aromatic N) is 1. The average Bonchev–Trinajstić information content (AvgIpc) is 2.69. The summed E-state index contributed by atoms with van der Waals surface area (Å²) in [6.07, 6.45) is 0.742. The Morgan fingerprint density at radius 2 is 1.73 bits per heavy atom. The summed E-state index contributed by atoms with van der Waals surface area (Å²) >= 11 is 3.44. The minimum absolute atomic E-state index is 0.0135. The second-order valence-corrected chi connectivity index (χ2v) is 6.82. The highest BCUT2D eigenvalue weighted by molar-refractivity contribution is 9.10. The van der Waals surface area contributed by atoms with E-state index >= 15 is 0 Å². The lowest BCUT2D eigenvalue weighted by atomic mass is 10.1. The van der Waals surface area contributed by atoms with E-state index in [2.05, 4.69) is 22.0 Å². The molecule has 3 aromatic carbocycles. The highest BCUT2D eigenvalue weighted by Crippen LogP contribution is 2.21. The molecule has 0 spiro atoms. The molecule has 132 valence electrons. The summed E-state index contributed by atoms with van der Waals surface area (Å²) in [6.45, 7) is 0.586. The molecule has 0 heterocycles. The maximum Gasteiger partial charge on any atom is 0.258 e. The number of amides is 1. The smallest absolute Gasteiger partial charge is 0.258 e. The molecule has 0 aliphatic carbocycles. The van der Waals surface area contributed by atoms with Gasteiger partial charge in [-0.3, -0.25) is 4.79 Å². The van der Waals surface area contributed by atoms with Gasteiger partial charge >= 0.3 is 0 Å². The Hall–Kier alpha value is -2.59. The fourth-order valence-corrected chi connectivity index (χ4v) is 3.20. The molecule has 3 aromatic rings. The van der Waals surface area contributed by atoms with Crippen molar-refractivity contribution in [3.05, 3.63) is 94.5 Å². The van der Waals surface area contributed by atoms with Gasteiger partial charge in [-0.2, -0.15) is 0 Å². The number of para-hydroxylation sites is 1. The Bertz CT molecular complexity index is 880. The van der Waals surface area contributed by atoms with Crippen LogP contribution in [0.25, 0.3) is 0 Å². The summed E-state index contributed by atoms with van der Waals surface area (Å²) in [7, 11) is 1.66. The molecule has 0 radical (unpaired) electrons. The first-order chi connectivity index (χ1) is 12.7. The molecule has 0 saturated heterocycles. The van der Waals surface area contributed by atoms with Gasteiger partial charge in [0.15, 0.2) is 0 Å². The predicted molar refractivity (Wildman–Crippen MR) is 109 cm³/mol. The summed E-state index contributed by atoms with van der Waals surface area (Å²) in [4.78, 5) is 14.9. The van der Waals surface area contributed by atoms with E-state index in [9.17, 15) is 4.79 Å². The van der Waals surface area contributed by atoms with Gasteiger partial charge in [0.1, 0.15) is 5.75 Å². The van der Waals surface area contributed by atoms with Gasteiger partial charge in [-0.05, 0) is 54.4 Å². The lowest BCUT2D eigenvalue weighted by Crippen LogP contribution is -2.33. The highest BCUT2D eigenvalue weighted by Gasteiger charge is 2.18. The quantitative estimate of drug-likeness (QED) is 0.549. The van der Waals surface area contributed by atoms with E-state index < -0.39 is 0 Å². The number of methoxy groups -OCH3 is 1. The molecule has 26 heavy (non-hydrogen) atoms. The minimum atomic E-state index is -0.0135. The zero-order chi connectivity index (χ0) is 18.4. The average molecular weight is 410 g/mol. The van der Waals surface area contributed by atoms with Crippen LogP contribution in [0.1, 0.15) is 15.9 Å². The van der Waals surface area contributed by atoms with Crippen molar-refractivity contribution in [1.29, 1.82) is 0 Å². The molecule has 0 bridgehead atoms. The third kappa shape index (κ3) is 4.52. The van der Waals surface area contributed by atoms with Crippen LogP contribution in [0.2, 0.25) is 0 Å². The monoisotopic (exact) mass is 409 g/mol. The topological polar surface area (TPSA) is 29.5 Å². The van der Waals surface area contributed by atoms with Crippen LogP contribution in [-0.4, -0.2) is 19.6 Å². The largest absolute Gasteiger partial charge is 0.497 e. The van der Waals surface area contributed by atoms with Crippen LogP contribution in [0.4, 0.5) is 5.69 Å². The minimum Gasteiger partial charge on any atom is -0.497 e. The van der Waals surface area contributed by atoms with Gasteiger partial charge in [-0.1, -0.05) is 52.3 Å². The van der Waals surface area contributed by atoms with E-state index in [0.717, 1.165) is 27.9 Å². The maximum absolute atomic E-state index is 13.1. The number of hydrogen-bond donors (Lipinski definition) is 0. The van der Waals surface area contributed by atoms with E-state index in [1.807, 2.05) is 77.7 Å². The molecule has 0 fully saturated rings. The van der Waals surface area contributed by atoms with Gasteiger partial charge in [-0.25, -0.2) is 0 Å². The number of hydrogen-bond acceptors (Lipinski definition) is 2. The van der Waals surface area contributed by atoms with E-state index in [1.54, 1.807) is 7.11 Å². The van der Waals surface area contributed by atoms with Crippen molar-refractivity contribution in [3.8, 4) is 5.75 Å². The summed E-state index contributed by atoms with van der Waals surface area (Å²) in [6, 6.07) is 25.2. The van der Waals surface area contributed by atoms with E-state index in [4.69, 9.17) is 4.74 Å². The van der Waals surface area contributed by atoms with Crippen molar-refractivity contribution in [2.75, 3.05) is 18.6 Å². The summed E-state index contributed by atoms with van der Waals surface area (Å²) < 4.78 is 6.18. The molecule has 4 heteroatoms. The van der Waals surface area contributed by atoms with E-state index in [1.165, 1.54) is 0 Å². The van der Waals surface area contributed by atoms with Crippen LogP contribution in [0.15, 0.2) is 83.3 Å². The van der Waals surface area contributed by atoms with Crippen molar-refractivity contribution in [3.63, 3.8) is 0 Å². The Morgan fingerprint density at radius 1 is 0.962 bits per heavy atom. The van der Waals surface area contributed by atoms with Crippen molar-refractivity contribution in [1.82, 2.24) is 0 Å². The first-order valence-corrected chi connectivity index (χ1v) is 9.22. The van der Waals surface area contributed by atoms with Crippen LogP contribution < -0.4 is 9.64 Å². The fraction of sp³-hybridized carbons (Fsp3) is 0.136. The molecule has 3 rings (SSSR count). The molecule has 0 N–H and O–H groups in total. The van der Waals surface area contributed by atoms with Crippen molar-refractivity contribution in [2.45, 2.75) is 6.42 Å². The Balaban J connectivity index is 1.85. The third-order valence-electron chi connectivity index (χ3n) is 4.14. The SMILES string of the molecule is COc1cccc(CCN(C(=O)c2cccc(Br)c2)c2ccccc2)c1. The molecular weight excluding hydrogens is 390 g/mol. The second-order valence-electron chi connectivity index (χ2n) is 5.90. The van der Waals surface area contributed by atoms with Crippen LogP contribution in [0, 0.1) is 0 Å². The van der Waals surface area contributed by atoms with Crippen LogP contribution in [0.3, 0.4) is 0 Å². The number of ether oxygens (including phenoxy) is 1. The van der Waals surface area contributed by atoms with Crippen molar-refractivity contribution < 1.29 is 9.53 Å². The number of rotatable bonds is 6. The lowest BCUT2D eigenvalue weighted by molar-refractivity contribution is 0.0987. The fourth-order valence-electron chi connectivity index (χ4n) is 2.80. The molecule has 0 aromatic heterocycles. The first kappa shape index (κ1) is 18.2. The number of halogens is 1. The summed E-state index contributed by atoms with van der Waals surface area (Å²) in [5, 5.41) is 0. The van der Waals surface area contributed by atoms with Gasteiger partial charge in [0, 0.05) is 22.3 Å². The normalized spacial score (nSPS) is 10.4. The van der Waals surface area contributed by atoms with E-state index in [0.29, 0.717) is 12.1 Å². The summed E-state index contributed by atoms with van der Waals surface area (Å²) in [5.74, 6) is 0.812. The standard InChI is InChI=1S/C22H20BrNO2/c1-26-21-12-5-7-17(15-21)13-14-24(20-10-3-2-4-11-20)22(25)18-8-6-9-19(23)16-18/h2-12,15-16H,13-14H2,1H3. The Kier molecular flexibility index (Phi) is 6.08. The molecule has 0 aliphatic rings. The highest BCUT2D eigenvalue weighted by atomic mass is 79.9. The molecule has 0 aliphatic heterocycles. The maximum atomic E-state index is 13.1. The Morgan fingerprint density at radius 3 is 2.46 bits per heavy atom. The molecular formula is C22H20BrNO2. The lowest BCUT2D eigenvalue weighted by Gasteiger charge is -2.23. The molecule has 3 nitrogen and oxygen atoms in total. The number of benzene rings is 3. The zero-order valence-electron chi connectivity index (χ0n) is 14.6. The van der Waals surface area contributed by atoms with Gasteiger partial charge in [-0.15, -0.1) is 0 Å². The first-order valence-electron chi connectivity index (χ1n) is 8.43. The third-order valence-corrected chi connectivity index (χ3v) is 4.64. The zero-order valence-corrected chi connectivity index (χ0v) is 16.1. The van der Waals surface area contributed by atoms with E-state index in [-0.39, 0.29) is 5.91 Å². The van der Waals surface area contributed by atoms with Gasteiger partial charge in [0.2, 0.25) is 0 Å². The second kappa shape index (κ2) is 8.68. The van der Waals surface area contributed by atoms with Crippen molar-refractivity contribution in [2.24, 2.45) is 0 Å². The number of anilines is 1. The molecule has 0 unspecified atom stereocenters. The summed E-state index contributed by atoms with van der Waals surface area (Å²) in [5.41, 5.74) is 2.68. The van der Waals surface area contributed by atoms with Crippen LogP contribution in [-0.2, 0) is 6.42 Å². The Labute approximate surface area is 162 Å². The number of carbonyl (C=O) groups is 1. The van der Waals surface area contributed by atoms with Gasteiger partial charge in [0.05, 0.1) is 7.11 Å².